The van der Waals surface area contributed by atoms with Gasteiger partial charge in [-0.25, -0.2) is 0 Å². The molecule has 2 aromatic carbocycles. The molecule has 3 aromatic rings. The van der Waals surface area contributed by atoms with Crippen LogP contribution in [0.4, 0.5) is 0 Å². The van der Waals surface area contributed by atoms with Gasteiger partial charge in [-0.3, -0.25) is 19.2 Å². The number of amides is 3. The highest BCUT2D eigenvalue weighted by Crippen LogP contribution is 2.55. The van der Waals surface area contributed by atoms with Crippen molar-refractivity contribution in [2.24, 2.45) is 29.6 Å². The van der Waals surface area contributed by atoms with Crippen LogP contribution in [0.5, 0.6) is 0 Å². The Balaban J connectivity index is 1.11. The fourth-order valence-electron chi connectivity index (χ4n) is 8.72. The molecule has 44 heavy (non-hydrogen) atoms. The highest BCUT2D eigenvalue weighted by Gasteiger charge is 2.57. The number of aromatic amines is 1. The smallest absolute Gasteiger partial charge is 0.245 e. The Kier molecular flexibility index (Phi) is 7.85. The van der Waals surface area contributed by atoms with Crippen molar-refractivity contribution in [1.82, 2.24) is 20.1 Å². The number of carbonyl (C=O) groups is 4. The lowest BCUT2D eigenvalue weighted by Crippen LogP contribution is -2.59. The molecule has 4 aliphatic carbocycles. The zero-order valence-corrected chi connectivity index (χ0v) is 26.6. The molecule has 0 radical (unpaired) electrons. The van der Waals surface area contributed by atoms with Crippen molar-refractivity contribution >= 4 is 50.3 Å². The van der Waals surface area contributed by atoms with Gasteiger partial charge >= 0.3 is 0 Å². The summed E-state index contributed by atoms with van der Waals surface area (Å²) in [6.07, 6.45) is 7.15. The zero-order chi connectivity index (χ0) is 30.5. The first kappa shape index (κ1) is 29.3. The summed E-state index contributed by atoms with van der Waals surface area (Å²) in [6, 6.07) is 14.3. The second-order valence-electron chi connectivity index (χ2n) is 13.4. The molecule has 230 valence electrons. The number of H-pyrrole nitrogens is 1. The van der Waals surface area contributed by atoms with Crippen LogP contribution < -0.4 is 5.32 Å². The molecule has 2 N–H and O–H groups in total. The number of ketones is 1. The maximum absolute atomic E-state index is 14.1. The van der Waals surface area contributed by atoms with Crippen LogP contribution in [-0.4, -0.2) is 64.0 Å². The summed E-state index contributed by atoms with van der Waals surface area (Å²) < 4.78 is 0.917. The van der Waals surface area contributed by atoms with Gasteiger partial charge in [0, 0.05) is 60.0 Å². The molecule has 5 aliphatic rings. The summed E-state index contributed by atoms with van der Waals surface area (Å²) in [7, 11) is 1.75. The third-order valence-electron chi connectivity index (χ3n) is 10.7. The number of hydrogen-bond acceptors (Lipinski definition) is 4. The number of benzene rings is 2. The Labute approximate surface area is 266 Å². The summed E-state index contributed by atoms with van der Waals surface area (Å²) in [5, 5.41) is 4.10. The van der Waals surface area contributed by atoms with Crippen LogP contribution in [0.3, 0.4) is 0 Å². The molecule has 2 heterocycles. The van der Waals surface area contributed by atoms with Crippen LogP contribution in [-0.2, 0) is 32.1 Å². The van der Waals surface area contributed by atoms with Crippen molar-refractivity contribution in [3.05, 3.63) is 70.3 Å². The van der Waals surface area contributed by atoms with Gasteiger partial charge in [-0.05, 0) is 73.6 Å². The van der Waals surface area contributed by atoms with Crippen LogP contribution >= 0.6 is 15.9 Å². The number of hydrogen-bond donors (Lipinski definition) is 2. The number of fused-ring (bicyclic) bond motifs is 1. The van der Waals surface area contributed by atoms with Crippen LogP contribution in [0.1, 0.15) is 49.7 Å². The van der Waals surface area contributed by atoms with Gasteiger partial charge in [0.1, 0.15) is 17.9 Å². The van der Waals surface area contributed by atoms with Gasteiger partial charge in [0.25, 0.3) is 0 Å². The summed E-state index contributed by atoms with van der Waals surface area (Å²) in [5.41, 5.74) is 2.89. The van der Waals surface area contributed by atoms with E-state index in [1.807, 2.05) is 54.7 Å². The average Bonchev–Trinajstić information content (AvgIpc) is 3.67. The molecule has 0 spiro atoms. The van der Waals surface area contributed by atoms with Gasteiger partial charge in [0.2, 0.25) is 17.7 Å². The van der Waals surface area contributed by atoms with Gasteiger partial charge in [-0.15, -0.1) is 0 Å². The summed E-state index contributed by atoms with van der Waals surface area (Å²) in [6.45, 7) is 0.895. The Morgan fingerprint density at radius 2 is 1.84 bits per heavy atom. The normalized spacial score (nSPS) is 28.0. The fourth-order valence-corrected chi connectivity index (χ4v) is 9.13. The number of para-hydroxylation sites is 1. The number of Topliss-reactive ketones (excluding diaryl/α,β-unsaturated/α-hetero) is 1. The Hall–Kier alpha value is -3.46. The molecule has 1 saturated heterocycles. The predicted molar refractivity (Wildman–Crippen MR) is 170 cm³/mol. The van der Waals surface area contributed by atoms with Crippen LogP contribution in [0.2, 0.25) is 0 Å². The molecule has 3 amide bonds. The van der Waals surface area contributed by atoms with Crippen LogP contribution in [0.25, 0.3) is 10.9 Å². The summed E-state index contributed by atoms with van der Waals surface area (Å²) in [5.74, 6) is 0.197. The first-order valence-corrected chi connectivity index (χ1v) is 16.8. The van der Waals surface area contributed by atoms with Gasteiger partial charge in [-0.2, -0.15) is 0 Å². The van der Waals surface area contributed by atoms with E-state index in [1.54, 1.807) is 16.8 Å². The third kappa shape index (κ3) is 5.27. The molecular formula is C35H39BrN4O4. The number of aromatic nitrogens is 1. The van der Waals surface area contributed by atoms with Crippen molar-refractivity contribution < 1.29 is 19.2 Å². The van der Waals surface area contributed by atoms with E-state index in [0.717, 1.165) is 58.6 Å². The Bertz CT molecular complexity index is 1620. The number of carbonyl (C=O) groups excluding carboxylic acids is 4. The van der Waals surface area contributed by atoms with E-state index in [0.29, 0.717) is 31.8 Å². The van der Waals surface area contributed by atoms with Gasteiger partial charge < -0.3 is 20.1 Å². The van der Waals surface area contributed by atoms with Gasteiger partial charge in [0.15, 0.2) is 0 Å². The maximum Gasteiger partial charge on any atom is 0.245 e. The first-order valence-electron chi connectivity index (χ1n) is 16.0. The first-order chi connectivity index (χ1) is 21.3. The lowest BCUT2D eigenvalue weighted by Gasteiger charge is -2.53. The molecule has 4 saturated carbocycles. The number of halogens is 1. The minimum absolute atomic E-state index is 0.0321. The van der Waals surface area contributed by atoms with E-state index >= 15 is 0 Å². The largest absolute Gasteiger partial charge is 0.361 e. The van der Waals surface area contributed by atoms with Crippen molar-refractivity contribution in [3.8, 4) is 0 Å². The van der Waals surface area contributed by atoms with E-state index in [-0.39, 0.29) is 47.2 Å². The second kappa shape index (κ2) is 11.8. The number of likely N-dealkylation sites (tertiary alicyclic amines) is 1. The predicted octanol–water partition coefficient (Wildman–Crippen LogP) is 4.86. The minimum Gasteiger partial charge on any atom is -0.361 e. The molecule has 7 atom stereocenters. The SMILES string of the molecule is CN(Cc1ccccc1Br)C(=O)C(Cc1c[nH]c2ccccc12)NC(=O)C1CCCN1C(=O)C1C2CC3CC(C2)C(=O)C1C3. The second-order valence-corrected chi connectivity index (χ2v) is 14.3. The van der Waals surface area contributed by atoms with E-state index in [4.69, 9.17) is 0 Å². The van der Waals surface area contributed by atoms with Crippen molar-refractivity contribution in [2.75, 3.05) is 13.6 Å². The highest BCUT2D eigenvalue weighted by molar-refractivity contribution is 9.10. The zero-order valence-electron chi connectivity index (χ0n) is 25.0. The van der Waals surface area contributed by atoms with E-state index in [2.05, 4.69) is 26.2 Å². The third-order valence-corrected chi connectivity index (χ3v) is 11.5. The molecule has 9 heteroatoms. The molecule has 8 nitrogen and oxygen atoms in total. The molecule has 8 rings (SSSR count). The number of likely N-dealkylation sites (N-methyl/N-ethyl adjacent to an activating group) is 1. The van der Waals surface area contributed by atoms with Gasteiger partial charge in [0.05, 0.1) is 5.92 Å². The maximum atomic E-state index is 14.1. The Morgan fingerprint density at radius 3 is 2.68 bits per heavy atom. The van der Waals surface area contributed by atoms with E-state index in [1.165, 1.54) is 0 Å². The summed E-state index contributed by atoms with van der Waals surface area (Å²) in [4.78, 5) is 61.8. The quantitative estimate of drug-likeness (QED) is 0.361. The molecule has 4 bridgehead atoms. The topological polar surface area (TPSA) is 103 Å². The van der Waals surface area contributed by atoms with Crippen molar-refractivity contribution in [3.63, 3.8) is 0 Å². The molecule has 7 unspecified atom stereocenters. The number of nitrogens with one attached hydrogen (secondary N) is 2. The molecular weight excluding hydrogens is 620 g/mol. The fraction of sp³-hybridized carbons (Fsp3) is 0.486. The highest BCUT2D eigenvalue weighted by atomic mass is 79.9. The molecule has 1 aromatic heterocycles. The van der Waals surface area contributed by atoms with Crippen LogP contribution in [0, 0.1) is 29.6 Å². The minimum atomic E-state index is -0.811. The van der Waals surface area contributed by atoms with Crippen LogP contribution in [0.15, 0.2) is 59.2 Å². The molecule has 1 aliphatic heterocycles. The monoisotopic (exact) mass is 658 g/mol. The van der Waals surface area contributed by atoms with E-state index < -0.39 is 12.1 Å². The number of rotatable bonds is 8. The van der Waals surface area contributed by atoms with Crippen molar-refractivity contribution in [1.29, 1.82) is 0 Å². The van der Waals surface area contributed by atoms with E-state index in [9.17, 15) is 19.2 Å². The standard InChI is InChI=1S/C35H39BrN4O4/c1-39(19-21-7-2-4-9-27(21)36)34(43)29(17-24-18-37-28-10-5-3-8-25(24)28)38-33(42)30-11-6-12-40(30)35(44)31-22-13-20-14-23(16-22)32(41)26(31)15-20/h2-5,7-10,18,20,22-23,26,29-31,37H,6,11-17,19H2,1H3,(H,38,42). The Morgan fingerprint density at radius 1 is 1.05 bits per heavy atom. The van der Waals surface area contributed by atoms with Gasteiger partial charge in [-0.1, -0.05) is 52.3 Å². The summed E-state index contributed by atoms with van der Waals surface area (Å²) >= 11 is 3.58. The molecule has 5 fully saturated rings. The lowest BCUT2D eigenvalue weighted by molar-refractivity contribution is -0.161. The lowest BCUT2D eigenvalue weighted by atomic mass is 9.51. The van der Waals surface area contributed by atoms with Crippen molar-refractivity contribution in [2.45, 2.75) is 63.6 Å². The number of nitrogens with zero attached hydrogens (tertiary/aromatic N) is 2. The average molecular weight is 660 g/mol.